The number of phenols is 1. The Labute approximate surface area is 361 Å². The lowest BCUT2D eigenvalue weighted by atomic mass is 9.90. The summed E-state index contributed by atoms with van der Waals surface area (Å²) in [6.07, 6.45) is 2.75. The van der Waals surface area contributed by atoms with Crippen molar-refractivity contribution in [3.63, 3.8) is 0 Å². The van der Waals surface area contributed by atoms with E-state index in [1.54, 1.807) is 12.1 Å². The van der Waals surface area contributed by atoms with Gasteiger partial charge < -0.3 is 44.6 Å². The van der Waals surface area contributed by atoms with Gasteiger partial charge in [0.15, 0.2) is 14.9 Å². The molecule has 0 saturated heterocycles. The van der Waals surface area contributed by atoms with E-state index in [0.29, 0.717) is 53.2 Å². The number of aromatic amines is 1. The van der Waals surface area contributed by atoms with E-state index in [0.717, 1.165) is 42.2 Å². The third kappa shape index (κ3) is 10.7. The lowest BCUT2D eigenvalue weighted by Gasteiger charge is -2.39. The zero-order chi connectivity index (χ0) is 43.1. The van der Waals surface area contributed by atoms with Crippen LogP contribution < -0.4 is 20.9 Å². The first-order valence-corrected chi connectivity index (χ1v) is 25.2. The number of phenolic OH excluding ortho intramolecular Hbond substituents is 1. The average molecular weight is 875 g/mol. The van der Waals surface area contributed by atoms with Crippen LogP contribution in [0.5, 0.6) is 11.5 Å². The van der Waals surface area contributed by atoms with Crippen molar-refractivity contribution in [2.24, 2.45) is 0 Å². The molecule has 1 aliphatic carbocycles. The molecule has 12 nitrogen and oxygen atoms in total. The molecule has 322 valence electrons. The second kappa shape index (κ2) is 19.6. The van der Waals surface area contributed by atoms with Gasteiger partial charge in [-0.05, 0) is 109 Å². The van der Waals surface area contributed by atoms with E-state index >= 15 is 0 Å². The predicted molar refractivity (Wildman–Crippen MR) is 241 cm³/mol. The van der Waals surface area contributed by atoms with Crippen molar-refractivity contribution in [1.29, 1.82) is 0 Å². The number of benzene rings is 2. The molecule has 1 fully saturated rings. The number of pyridine rings is 1. The minimum atomic E-state index is -2.21. The molecule has 5 N–H and O–H groups in total. The molecule has 1 aliphatic rings. The fraction of sp³-hybridized carbons (Fsp3) is 0.444. The molecule has 1 saturated carbocycles. The van der Waals surface area contributed by atoms with Gasteiger partial charge in [-0.1, -0.05) is 51.1 Å². The fourth-order valence-corrected chi connectivity index (χ4v) is 10.5. The number of rotatable bonds is 19. The van der Waals surface area contributed by atoms with Gasteiger partial charge in [-0.3, -0.25) is 9.59 Å². The number of thiophene rings is 2. The number of carbonyl (C=O) groups excluding carboxylic acids is 1. The summed E-state index contributed by atoms with van der Waals surface area (Å²) >= 11 is 2.80. The van der Waals surface area contributed by atoms with Gasteiger partial charge in [0.1, 0.15) is 11.5 Å². The number of carbonyl (C=O) groups is 2. The summed E-state index contributed by atoms with van der Waals surface area (Å²) in [5, 5.41) is 32.0. The number of amides is 1. The molecule has 60 heavy (non-hydrogen) atoms. The summed E-state index contributed by atoms with van der Waals surface area (Å²) in [5.41, 5.74) is 0.543. The first kappa shape index (κ1) is 45.2. The van der Waals surface area contributed by atoms with Gasteiger partial charge in [0.2, 0.25) is 11.2 Å². The zero-order valence-electron chi connectivity index (χ0n) is 35.3. The summed E-state index contributed by atoms with van der Waals surface area (Å²) in [6, 6.07) is 22.0. The number of aliphatic carboxylic acids is 1. The molecule has 2 aromatic carbocycles. The van der Waals surface area contributed by atoms with Crippen molar-refractivity contribution < 1.29 is 33.7 Å². The minimum absolute atomic E-state index is 0.0162. The van der Waals surface area contributed by atoms with Crippen molar-refractivity contribution in [2.45, 2.75) is 95.0 Å². The number of likely N-dealkylation sites (N-methyl/N-ethyl adjacent to an activating group) is 1. The molecule has 3 aromatic heterocycles. The molecule has 1 amide bonds. The first-order chi connectivity index (χ1) is 28.6. The summed E-state index contributed by atoms with van der Waals surface area (Å²) in [4.78, 5) is 43.9. The van der Waals surface area contributed by atoms with Crippen LogP contribution in [0.3, 0.4) is 0 Å². The Balaban J connectivity index is 0.936. The Bertz CT molecular complexity index is 2200. The number of H-pyrrole nitrogens is 1. The number of aromatic hydroxyl groups is 1. The highest BCUT2D eigenvalue weighted by Crippen LogP contribution is 2.43. The third-order valence-electron chi connectivity index (χ3n) is 11.9. The quantitative estimate of drug-likeness (QED) is 0.0515. The molecule has 0 radical (unpaired) electrons. The van der Waals surface area contributed by atoms with E-state index in [4.69, 9.17) is 13.9 Å². The van der Waals surface area contributed by atoms with E-state index in [2.05, 4.69) is 61.4 Å². The molecule has 0 aliphatic heterocycles. The van der Waals surface area contributed by atoms with Crippen molar-refractivity contribution in [1.82, 2.24) is 20.5 Å². The molecule has 1 atom stereocenters. The highest BCUT2D eigenvalue weighted by molar-refractivity contribution is 7.12. The van der Waals surface area contributed by atoms with Crippen LogP contribution in [0.1, 0.15) is 73.4 Å². The van der Waals surface area contributed by atoms with Gasteiger partial charge in [0, 0.05) is 43.7 Å². The number of carboxylic acid groups (broad SMARTS) is 1. The Kier molecular flexibility index (Phi) is 14.7. The largest absolute Gasteiger partial charge is 0.506 e. The smallest absolute Gasteiger partial charge is 0.347 e. The Morgan fingerprint density at radius 3 is 2.22 bits per heavy atom. The van der Waals surface area contributed by atoms with Gasteiger partial charge in [0.25, 0.3) is 5.91 Å². The van der Waals surface area contributed by atoms with Crippen LogP contribution >= 0.6 is 22.7 Å². The summed E-state index contributed by atoms with van der Waals surface area (Å²) < 4.78 is 19.3. The number of nitrogens with zero attached hydrogens (tertiary/aromatic N) is 1. The second-order valence-corrected chi connectivity index (χ2v) is 23.7. The van der Waals surface area contributed by atoms with E-state index in [1.165, 1.54) is 28.7 Å². The van der Waals surface area contributed by atoms with Crippen molar-refractivity contribution >= 4 is 53.8 Å². The highest BCUT2D eigenvalue weighted by atomic mass is 32.1. The number of ether oxygens (including phenoxy) is 2. The molecule has 0 spiro atoms. The molecule has 3 heterocycles. The molecular weight excluding hydrogens is 817 g/mol. The first-order valence-electron chi connectivity index (χ1n) is 20.5. The molecule has 0 unspecified atom stereocenters. The van der Waals surface area contributed by atoms with Crippen molar-refractivity contribution in [3.8, 4) is 11.5 Å². The Morgan fingerprint density at radius 2 is 1.62 bits per heavy atom. The summed E-state index contributed by atoms with van der Waals surface area (Å²) in [7, 11) is -0.153. The number of carboxylic acids is 1. The number of hydrogen-bond acceptors (Lipinski definition) is 11. The predicted octanol–water partition coefficient (Wildman–Crippen LogP) is 7.99. The topological polar surface area (TPSA) is 162 Å². The highest BCUT2D eigenvalue weighted by Gasteiger charge is 2.48. The number of fused-ring (bicyclic) bond motifs is 1. The lowest BCUT2D eigenvalue weighted by Crippen LogP contribution is -2.45. The van der Waals surface area contributed by atoms with Crippen LogP contribution in [0.15, 0.2) is 88.4 Å². The Morgan fingerprint density at radius 1 is 0.950 bits per heavy atom. The maximum Gasteiger partial charge on any atom is 0.347 e. The maximum atomic E-state index is 12.8. The fourth-order valence-electron chi connectivity index (χ4n) is 7.40. The van der Waals surface area contributed by atoms with E-state index in [9.17, 15) is 24.6 Å². The van der Waals surface area contributed by atoms with Crippen LogP contribution in [0, 0.1) is 0 Å². The average Bonchev–Trinajstić information content (AvgIpc) is 3.96. The summed E-state index contributed by atoms with van der Waals surface area (Å²) in [5.74, 6) is -0.578. The van der Waals surface area contributed by atoms with Crippen LogP contribution in [0.25, 0.3) is 10.9 Å². The Hall–Kier alpha value is -4.35. The van der Waals surface area contributed by atoms with Gasteiger partial charge >= 0.3 is 5.97 Å². The summed E-state index contributed by atoms with van der Waals surface area (Å²) in [6.45, 7) is 13.2. The van der Waals surface area contributed by atoms with Crippen LogP contribution in [0.2, 0.25) is 18.1 Å². The molecule has 6 rings (SSSR count). The van der Waals surface area contributed by atoms with Gasteiger partial charge in [0.05, 0.1) is 27.5 Å². The lowest BCUT2D eigenvalue weighted by molar-refractivity contribution is -0.170. The monoisotopic (exact) mass is 874 g/mol. The molecule has 15 heteroatoms. The number of hydrogen-bond donors (Lipinski definition) is 5. The van der Waals surface area contributed by atoms with Crippen molar-refractivity contribution in [2.75, 3.05) is 33.3 Å². The van der Waals surface area contributed by atoms with Crippen LogP contribution in [-0.2, 0) is 30.9 Å². The molecule has 0 bridgehead atoms. The van der Waals surface area contributed by atoms with Gasteiger partial charge in [-0.15, -0.1) is 22.7 Å². The van der Waals surface area contributed by atoms with E-state index in [1.807, 2.05) is 65.4 Å². The van der Waals surface area contributed by atoms with Gasteiger partial charge in [-0.2, -0.15) is 0 Å². The number of nitrogens with one attached hydrogen (secondary N) is 3. The molecular formula is C45H58N4O8S2Si. The standard InChI is InChI=1S/C45H58N4O8S2Si/c1-44(2,3)60(5,6)57-37(34-19-21-36(50)42-35(34)20-22-40(51)48-42)28-46-27-30-11-15-32(16-12-30)55-29-41(52)47-23-24-49(4)31-13-17-33(18-14-31)56-45(43(53)54,38-9-7-25-58-38)39-10-8-26-59-39/h7-12,15-16,19-22,25-26,31,33,37,46,50H,13-14,17-18,23-24,27-29H2,1-6H3,(H,47,52)(H,48,51)(H,53,54)/t31-,33-,37-/m0/s1. The molecule has 5 aromatic rings. The second-order valence-electron chi connectivity index (χ2n) is 17.0. The van der Waals surface area contributed by atoms with E-state index < -0.39 is 19.9 Å². The van der Waals surface area contributed by atoms with E-state index in [-0.39, 0.29) is 41.1 Å². The van der Waals surface area contributed by atoms with Crippen molar-refractivity contribution in [3.05, 3.63) is 115 Å². The normalized spacial score (nSPS) is 16.9. The third-order valence-corrected chi connectivity index (χ3v) is 18.3. The zero-order valence-corrected chi connectivity index (χ0v) is 37.9. The SMILES string of the molecule is CN(CCNC(=O)COc1ccc(CNC[C@H](O[Si](C)(C)C(C)(C)C)c2ccc(O)c3[nH]c(=O)ccc23)cc1)[C@H]1CC[C@H](OC(C(=O)O)(c2cccs2)c2cccs2)CC1. The number of aromatic nitrogens is 1. The minimum Gasteiger partial charge on any atom is -0.506 e. The maximum absolute atomic E-state index is 12.8. The van der Waals surface area contributed by atoms with Gasteiger partial charge in [-0.25, -0.2) is 4.79 Å². The van der Waals surface area contributed by atoms with Crippen LogP contribution in [-0.4, -0.2) is 85.7 Å². The van der Waals surface area contributed by atoms with Crippen LogP contribution in [0.4, 0.5) is 0 Å².